The fraction of sp³-hybridized carbons (Fsp3) is 0.375. The highest BCUT2D eigenvalue weighted by Gasteiger charge is 2.28. The number of hydrogen-bond donors (Lipinski definition) is 2. The van der Waals surface area contributed by atoms with Crippen LogP contribution in [0.3, 0.4) is 0 Å². The zero-order valence-electron chi connectivity index (χ0n) is 7.69. The number of imide groups is 1. The Morgan fingerprint density at radius 3 is 2.43 bits per heavy atom. The van der Waals surface area contributed by atoms with E-state index in [2.05, 4.69) is 5.32 Å². The SMILES string of the molecule is CC(=O)NCC(N)N1C(=O)C=CC1=O. The fourth-order valence-corrected chi connectivity index (χ4v) is 1.08. The number of rotatable bonds is 3. The van der Waals surface area contributed by atoms with Crippen molar-refractivity contribution in [2.75, 3.05) is 6.54 Å². The summed E-state index contributed by atoms with van der Waals surface area (Å²) in [6, 6.07) is 0. The molecule has 3 N–H and O–H groups in total. The molecule has 0 bridgehead atoms. The van der Waals surface area contributed by atoms with Gasteiger partial charge in [0.25, 0.3) is 11.8 Å². The molecule has 1 aliphatic heterocycles. The molecule has 0 fully saturated rings. The molecule has 1 atom stereocenters. The lowest BCUT2D eigenvalue weighted by Crippen LogP contribution is -2.51. The van der Waals surface area contributed by atoms with E-state index < -0.39 is 18.0 Å². The van der Waals surface area contributed by atoms with Crippen LogP contribution in [0.25, 0.3) is 0 Å². The predicted molar refractivity (Wildman–Crippen MR) is 47.7 cm³/mol. The van der Waals surface area contributed by atoms with Crippen LogP contribution in [-0.2, 0) is 14.4 Å². The van der Waals surface area contributed by atoms with Gasteiger partial charge in [0.15, 0.2) is 0 Å². The van der Waals surface area contributed by atoms with Gasteiger partial charge in [-0.2, -0.15) is 0 Å². The van der Waals surface area contributed by atoms with Crippen molar-refractivity contribution in [3.05, 3.63) is 12.2 Å². The van der Waals surface area contributed by atoms with E-state index in [4.69, 9.17) is 5.73 Å². The Morgan fingerprint density at radius 2 is 2.00 bits per heavy atom. The fourth-order valence-electron chi connectivity index (χ4n) is 1.08. The molecule has 1 heterocycles. The van der Waals surface area contributed by atoms with Crippen molar-refractivity contribution in [2.45, 2.75) is 13.1 Å². The molecule has 6 nitrogen and oxygen atoms in total. The van der Waals surface area contributed by atoms with Crippen molar-refractivity contribution >= 4 is 17.7 Å². The lowest BCUT2D eigenvalue weighted by atomic mass is 10.4. The molecule has 0 saturated heterocycles. The zero-order valence-corrected chi connectivity index (χ0v) is 7.69. The second-order valence-corrected chi connectivity index (χ2v) is 2.88. The molecule has 0 aromatic rings. The summed E-state index contributed by atoms with van der Waals surface area (Å²) in [5.41, 5.74) is 5.54. The smallest absolute Gasteiger partial charge is 0.255 e. The van der Waals surface area contributed by atoms with Crippen LogP contribution >= 0.6 is 0 Å². The third kappa shape index (κ3) is 2.17. The summed E-state index contributed by atoms with van der Waals surface area (Å²) in [7, 11) is 0. The van der Waals surface area contributed by atoms with Crippen LogP contribution in [0, 0.1) is 0 Å². The first-order valence-electron chi connectivity index (χ1n) is 4.07. The third-order valence-electron chi connectivity index (χ3n) is 1.74. The molecule has 14 heavy (non-hydrogen) atoms. The van der Waals surface area contributed by atoms with Crippen molar-refractivity contribution in [1.29, 1.82) is 0 Å². The maximum Gasteiger partial charge on any atom is 0.255 e. The van der Waals surface area contributed by atoms with Crippen molar-refractivity contribution in [2.24, 2.45) is 5.73 Å². The minimum absolute atomic E-state index is 0.0640. The van der Waals surface area contributed by atoms with Gasteiger partial charge in [0.1, 0.15) is 6.17 Å². The average Bonchev–Trinajstić information content (AvgIpc) is 2.42. The molecule has 0 saturated carbocycles. The van der Waals surface area contributed by atoms with Crippen LogP contribution in [0.1, 0.15) is 6.92 Å². The highest BCUT2D eigenvalue weighted by atomic mass is 16.2. The second-order valence-electron chi connectivity index (χ2n) is 2.88. The van der Waals surface area contributed by atoms with E-state index >= 15 is 0 Å². The highest BCUT2D eigenvalue weighted by molar-refractivity contribution is 6.13. The van der Waals surface area contributed by atoms with E-state index in [1.807, 2.05) is 0 Å². The van der Waals surface area contributed by atoms with Crippen LogP contribution in [0.15, 0.2) is 12.2 Å². The van der Waals surface area contributed by atoms with E-state index in [1.165, 1.54) is 6.92 Å². The van der Waals surface area contributed by atoms with Crippen LogP contribution in [0.2, 0.25) is 0 Å². The van der Waals surface area contributed by atoms with Crippen LogP contribution < -0.4 is 11.1 Å². The maximum atomic E-state index is 11.1. The summed E-state index contributed by atoms with van der Waals surface area (Å²) >= 11 is 0. The molecule has 1 aliphatic rings. The van der Waals surface area contributed by atoms with Crippen LogP contribution in [0.4, 0.5) is 0 Å². The number of carbonyl (C=O) groups is 3. The molecular weight excluding hydrogens is 186 g/mol. The van der Waals surface area contributed by atoms with E-state index in [1.54, 1.807) is 0 Å². The standard InChI is InChI=1S/C8H11N3O3/c1-5(12)10-4-6(9)11-7(13)2-3-8(11)14/h2-3,6H,4,9H2,1H3,(H,10,12). The first kappa shape index (κ1) is 10.4. The summed E-state index contributed by atoms with van der Waals surface area (Å²) in [6.45, 7) is 1.40. The van der Waals surface area contributed by atoms with Gasteiger partial charge >= 0.3 is 0 Å². The quantitative estimate of drug-likeness (QED) is 0.529. The largest absolute Gasteiger partial charge is 0.353 e. The van der Waals surface area contributed by atoms with Crippen LogP contribution in [0.5, 0.6) is 0 Å². The Morgan fingerprint density at radius 1 is 1.50 bits per heavy atom. The van der Waals surface area contributed by atoms with E-state index in [0.717, 1.165) is 17.1 Å². The Labute approximate surface area is 80.7 Å². The third-order valence-corrected chi connectivity index (χ3v) is 1.74. The summed E-state index contributed by atoms with van der Waals surface area (Å²) in [4.78, 5) is 33.6. The molecule has 0 aliphatic carbocycles. The maximum absolute atomic E-state index is 11.1. The Bertz CT molecular complexity index is 293. The molecule has 76 valence electrons. The summed E-state index contributed by atoms with van der Waals surface area (Å²) in [5.74, 6) is -1.16. The summed E-state index contributed by atoms with van der Waals surface area (Å²) in [5, 5.41) is 2.43. The van der Waals surface area contributed by atoms with Gasteiger partial charge in [-0.3, -0.25) is 19.3 Å². The topological polar surface area (TPSA) is 92.5 Å². The zero-order chi connectivity index (χ0) is 10.7. The molecule has 0 aromatic carbocycles. The highest BCUT2D eigenvalue weighted by Crippen LogP contribution is 2.04. The summed E-state index contributed by atoms with van der Waals surface area (Å²) in [6.07, 6.45) is 1.49. The normalized spacial score (nSPS) is 17.4. The predicted octanol–water partition coefficient (Wildman–Crippen LogP) is -1.67. The molecule has 6 heteroatoms. The minimum atomic E-state index is -0.811. The van der Waals surface area contributed by atoms with Gasteiger partial charge in [-0.15, -0.1) is 0 Å². The molecule has 0 aromatic heterocycles. The van der Waals surface area contributed by atoms with E-state index in [-0.39, 0.29) is 12.5 Å². The number of amides is 3. The number of nitrogens with zero attached hydrogens (tertiary/aromatic N) is 1. The lowest BCUT2D eigenvalue weighted by molar-refractivity contribution is -0.139. The second kappa shape index (κ2) is 4.01. The molecule has 0 spiro atoms. The molecule has 0 radical (unpaired) electrons. The van der Waals surface area contributed by atoms with Gasteiger partial charge in [-0.25, -0.2) is 0 Å². The summed E-state index contributed by atoms with van der Waals surface area (Å²) < 4.78 is 0. The van der Waals surface area contributed by atoms with Crippen molar-refractivity contribution < 1.29 is 14.4 Å². The Balaban J connectivity index is 2.52. The van der Waals surface area contributed by atoms with Gasteiger partial charge < -0.3 is 11.1 Å². The number of carbonyl (C=O) groups excluding carboxylic acids is 3. The monoisotopic (exact) mass is 197 g/mol. The number of nitrogens with two attached hydrogens (primary N) is 1. The molecule has 1 rings (SSSR count). The van der Waals surface area contributed by atoms with E-state index in [9.17, 15) is 14.4 Å². The average molecular weight is 197 g/mol. The van der Waals surface area contributed by atoms with Crippen molar-refractivity contribution in [1.82, 2.24) is 10.2 Å². The molecule has 3 amide bonds. The van der Waals surface area contributed by atoms with Crippen LogP contribution in [-0.4, -0.2) is 35.3 Å². The Kier molecular flexibility index (Phi) is 2.98. The first-order valence-corrected chi connectivity index (χ1v) is 4.07. The number of nitrogens with one attached hydrogen (secondary N) is 1. The van der Waals surface area contributed by atoms with Gasteiger partial charge in [-0.05, 0) is 0 Å². The van der Waals surface area contributed by atoms with Crippen molar-refractivity contribution in [3.8, 4) is 0 Å². The van der Waals surface area contributed by atoms with Gasteiger partial charge in [-0.1, -0.05) is 0 Å². The van der Waals surface area contributed by atoms with Gasteiger partial charge in [0.2, 0.25) is 5.91 Å². The molecule has 1 unspecified atom stereocenters. The van der Waals surface area contributed by atoms with Gasteiger partial charge in [0.05, 0.1) is 6.54 Å². The number of hydrogen-bond acceptors (Lipinski definition) is 4. The van der Waals surface area contributed by atoms with Gasteiger partial charge in [0, 0.05) is 19.1 Å². The molecular formula is C8H11N3O3. The van der Waals surface area contributed by atoms with Crippen molar-refractivity contribution in [3.63, 3.8) is 0 Å². The van der Waals surface area contributed by atoms with E-state index in [0.29, 0.717) is 0 Å². The first-order chi connectivity index (χ1) is 6.52. The minimum Gasteiger partial charge on any atom is -0.353 e. The Hall–Kier alpha value is -1.69. The lowest BCUT2D eigenvalue weighted by Gasteiger charge is -2.21.